The summed E-state index contributed by atoms with van der Waals surface area (Å²) < 4.78 is 0. The van der Waals surface area contributed by atoms with Gasteiger partial charge in [0.05, 0.1) is 0 Å². The van der Waals surface area contributed by atoms with Crippen molar-refractivity contribution in [1.29, 1.82) is 0 Å². The zero-order valence-corrected chi connectivity index (χ0v) is 18.5. The first-order chi connectivity index (χ1) is 12.4. The predicted molar refractivity (Wildman–Crippen MR) is 118 cm³/mol. The number of rotatable bonds is 9. The molecule has 26 heavy (non-hydrogen) atoms. The first-order valence-electron chi connectivity index (χ1n) is 9.33. The van der Waals surface area contributed by atoms with Crippen LogP contribution in [0.1, 0.15) is 44.7 Å². The fourth-order valence-corrected chi connectivity index (χ4v) is 4.50. The van der Waals surface area contributed by atoms with Crippen molar-refractivity contribution in [1.82, 2.24) is 4.90 Å². The summed E-state index contributed by atoms with van der Waals surface area (Å²) in [6, 6.07) is 14.7. The molecule has 1 nitrogen and oxygen atoms in total. The Morgan fingerprint density at radius 1 is 0.962 bits per heavy atom. The second-order valence-corrected chi connectivity index (χ2v) is 8.74. The lowest BCUT2D eigenvalue weighted by atomic mass is 9.88. The maximum absolute atomic E-state index is 6.26. The average Bonchev–Trinajstić information content (AvgIpc) is 2.65. The third-order valence-electron chi connectivity index (χ3n) is 5.11. The van der Waals surface area contributed by atoms with Crippen molar-refractivity contribution in [3.63, 3.8) is 0 Å². The minimum absolute atomic E-state index is 0.556. The third kappa shape index (κ3) is 6.20. The van der Waals surface area contributed by atoms with E-state index in [9.17, 15) is 0 Å². The van der Waals surface area contributed by atoms with Gasteiger partial charge >= 0.3 is 0 Å². The Bertz CT molecular complexity index is 683. The number of hydrogen-bond acceptors (Lipinski definition) is 2. The van der Waals surface area contributed by atoms with Crippen molar-refractivity contribution in [3.8, 4) is 0 Å². The Kier molecular flexibility index (Phi) is 8.83. The second kappa shape index (κ2) is 10.6. The molecular weight excluding hydrogens is 381 g/mol. The number of halogens is 2. The highest BCUT2D eigenvalue weighted by Gasteiger charge is 2.16. The summed E-state index contributed by atoms with van der Waals surface area (Å²) in [6.07, 6.45) is 0. The molecule has 0 amide bonds. The van der Waals surface area contributed by atoms with E-state index in [1.807, 2.05) is 12.1 Å². The Labute approximate surface area is 173 Å². The summed E-state index contributed by atoms with van der Waals surface area (Å²) in [7, 11) is 0. The van der Waals surface area contributed by atoms with Gasteiger partial charge in [0.1, 0.15) is 0 Å². The summed E-state index contributed by atoms with van der Waals surface area (Å²) in [5, 5.41) is 1.42. The topological polar surface area (TPSA) is 3.24 Å². The first kappa shape index (κ1) is 21.6. The monoisotopic (exact) mass is 409 g/mol. The molecule has 0 spiro atoms. The maximum Gasteiger partial charge on any atom is 0.0461 e. The van der Waals surface area contributed by atoms with Crippen LogP contribution in [0.2, 0.25) is 10.0 Å². The van der Waals surface area contributed by atoms with E-state index in [4.69, 9.17) is 23.2 Å². The fourth-order valence-electron chi connectivity index (χ4n) is 3.04. The molecule has 142 valence electrons. The average molecular weight is 410 g/mol. The molecule has 2 aromatic carbocycles. The summed E-state index contributed by atoms with van der Waals surface area (Å²) >= 11 is 14.0. The second-order valence-electron chi connectivity index (χ2n) is 6.85. The molecule has 2 unspecified atom stereocenters. The number of benzene rings is 2. The van der Waals surface area contributed by atoms with Crippen molar-refractivity contribution in [2.45, 2.75) is 44.3 Å². The Morgan fingerprint density at radius 3 is 2.19 bits per heavy atom. The van der Waals surface area contributed by atoms with Gasteiger partial charge in [-0.2, -0.15) is 0 Å². The van der Waals surface area contributed by atoms with Crippen LogP contribution in [-0.2, 0) is 5.75 Å². The minimum Gasteiger partial charge on any atom is -0.304 e. The van der Waals surface area contributed by atoms with E-state index in [0.717, 1.165) is 36.0 Å². The van der Waals surface area contributed by atoms with Gasteiger partial charge in [0.25, 0.3) is 0 Å². The van der Waals surface area contributed by atoms with E-state index in [-0.39, 0.29) is 0 Å². The zero-order valence-electron chi connectivity index (χ0n) is 16.1. The van der Waals surface area contributed by atoms with Gasteiger partial charge in [-0.15, -0.1) is 11.8 Å². The molecule has 0 radical (unpaired) electrons. The third-order valence-corrected chi connectivity index (χ3v) is 6.76. The Balaban J connectivity index is 1.94. The lowest BCUT2D eigenvalue weighted by molar-refractivity contribution is 0.245. The lowest BCUT2D eigenvalue weighted by Crippen LogP contribution is -2.30. The van der Waals surface area contributed by atoms with Crippen LogP contribution in [0.25, 0.3) is 0 Å². The molecule has 0 saturated carbocycles. The predicted octanol–water partition coefficient (Wildman–Crippen LogP) is 7.37. The Morgan fingerprint density at radius 2 is 1.62 bits per heavy atom. The fraction of sp³-hybridized carbons (Fsp3) is 0.455. The van der Waals surface area contributed by atoms with Gasteiger partial charge in [0.15, 0.2) is 0 Å². The number of hydrogen-bond donors (Lipinski definition) is 0. The van der Waals surface area contributed by atoms with Gasteiger partial charge in [-0.3, -0.25) is 0 Å². The molecule has 0 N–H and O–H groups in total. The summed E-state index contributed by atoms with van der Waals surface area (Å²) in [5.74, 6) is 2.05. The SMILES string of the molecule is CCN(CC)CC(C)C(C)c1ccc(SCc2ccc(Cl)cc2Cl)cc1. The van der Waals surface area contributed by atoms with Crippen LogP contribution in [0.5, 0.6) is 0 Å². The molecule has 4 heteroatoms. The quantitative estimate of drug-likeness (QED) is 0.397. The molecule has 0 aliphatic rings. The van der Waals surface area contributed by atoms with Crippen LogP contribution in [0, 0.1) is 5.92 Å². The van der Waals surface area contributed by atoms with E-state index in [1.54, 1.807) is 17.8 Å². The maximum atomic E-state index is 6.26. The number of nitrogens with zero attached hydrogens (tertiary/aromatic N) is 1. The van der Waals surface area contributed by atoms with Crippen molar-refractivity contribution in [2.75, 3.05) is 19.6 Å². The highest BCUT2D eigenvalue weighted by molar-refractivity contribution is 7.98. The Hall–Kier alpha value is -0.670. The molecule has 0 aliphatic heterocycles. The molecule has 0 saturated heterocycles. The normalized spacial score (nSPS) is 13.8. The van der Waals surface area contributed by atoms with Crippen molar-refractivity contribution < 1.29 is 0 Å². The van der Waals surface area contributed by atoms with Crippen LogP contribution in [0.4, 0.5) is 0 Å². The van der Waals surface area contributed by atoms with Crippen LogP contribution in [0.15, 0.2) is 47.4 Å². The van der Waals surface area contributed by atoms with E-state index in [0.29, 0.717) is 16.9 Å². The molecule has 2 atom stereocenters. The number of thioether (sulfide) groups is 1. The van der Waals surface area contributed by atoms with E-state index >= 15 is 0 Å². The van der Waals surface area contributed by atoms with E-state index < -0.39 is 0 Å². The molecule has 0 heterocycles. The standard InChI is InChI=1S/C22H29Cl2NS/c1-5-25(6-2)14-16(3)17(4)18-8-11-21(12-9-18)26-15-19-7-10-20(23)13-22(19)24/h7-13,16-17H,5-6,14-15H2,1-4H3. The van der Waals surface area contributed by atoms with Gasteiger partial charge in [0.2, 0.25) is 0 Å². The first-order valence-corrected chi connectivity index (χ1v) is 11.1. The molecule has 0 aliphatic carbocycles. The van der Waals surface area contributed by atoms with Gasteiger partial charge in [0, 0.05) is 27.2 Å². The van der Waals surface area contributed by atoms with Gasteiger partial charge in [-0.25, -0.2) is 0 Å². The lowest BCUT2D eigenvalue weighted by Gasteiger charge is -2.27. The summed E-state index contributed by atoms with van der Waals surface area (Å²) in [4.78, 5) is 3.77. The zero-order chi connectivity index (χ0) is 19.1. The molecule has 0 bridgehead atoms. The van der Waals surface area contributed by atoms with Crippen LogP contribution < -0.4 is 0 Å². The van der Waals surface area contributed by atoms with Crippen molar-refractivity contribution in [3.05, 3.63) is 63.6 Å². The molecule has 0 aromatic heterocycles. The highest BCUT2D eigenvalue weighted by atomic mass is 35.5. The largest absolute Gasteiger partial charge is 0.304 e. The van der Waals surface area contributed by atoms with Crippen LogP contribution in [-0.4, -0.2) is 24.5 Å². The minimum atomic E-state index is 0.556. The molecule has 2 rings (SSSR count). The smallest absolute Gasteiger partial charge is 0.0461 e. The molecule has 0 fully saturated rings. The van der Waals surface area contributed by atoms with Crippen LogP contribution in [0.3, 0.4) is 0 Å². The summed E-state index contributed by atoms with van der Waals surface area (Å²) in [6.45, 7) is 12.6. The molecule has 2 aromatic rings. The van der Waals surface area contributed by atoms with E-state index in [1.165, 1.54) is 10.5 Å². The van der Waals surface area contributed by atoms with E-state index in [2.05, 4.69) is 56.9 Å². The molecular formula is C22H29Cl2NS. The summed E-state index contributed by atoms with van der Waals surface area (Å²) in [5.41, 5.74) is 2.53. The van der Waals surface area contributed by atoms with Crippen molar-refractivity contribution >= 4 is 35.0 Å². The van der Waals surface area contributed by atoms with Gasteiger partial charge in [-0.05, 0) is 60.3 Å². The van der Waals surface area contributed by atoms with Gasteiger partial charge < -0.3 is 4.90 Å². The van der Waals surface area contributed by atoms with Gasteiger partial charge in [-0.1, -0.05) is 69.1 Å². The highest BCUT2D eigenvalue weighted by Crippen LogP contribution is 2.31. The van der Waals surface area contributed by atoms with Crippen LogP contribution >= 0.6 is 35.0 Å². The van der Waals surface area contributed by atoms with Crippen molar-refractivity contribution in [2.24, 2.45) is 5.92 Å².